The number of fused-ring (bicyclic) bond motifs is 3. The van der Waals surface area contributed by atoms with Crippen LogP contribution < -0.4 is 10.9 Å². The number of nitrogens with zero attached hydrogens (tertiary/aromatic N) is 3. The molecule has 0 spiro atoms. The fraction of sp³-hybridized carbons (Fsp3) is 0.111. The van der Waals surface area contributed by atoms with Gasteiger partial charge in [0.05, 0.1) is 31.1 Å². The topological polar surface area (TPSA) is 95.2 Å². The molecule has 174 valence electrons. The van der Waals surface area contributed by atoms with E-state index in [1.807, 2.05) is 54.6 Å². The molecule has 8 heteroatoms. The van der Waals surface area contributed by atoms with E-state index in [-0.39, 0.29) is 18.0 Å². The fourth-order valence-corrected chi connectivity index (χ4v) is 4.16. The van der Waals surface area contributed by atoms with Crippen LogP contribution in [0.5, 0.6) is 0 Å². The van der Waals surface area contributed by atoms with Crippen LogP contribution >= 0.6 is 0 Å². The first kappa shape index (κ1) is 22.1. The molecule has 0 saturated heterocycles. The molecule has 0 aliphatic carbocycles. The van der Waals surface area contributed by atoms with Crippen molar-refractivity contribution in [3.8, 4) is 0 Å². The lowest BCUT2D eigenvalue weighted by Crippen LogP contribution is -2.25. The van der Waals surface area contributed by atoms with Gasteiger partial charge in [-0.25, -0.2) is 9.78 Å². The summed E-state index contributed by atoms with van der Waals surface area (Å²) in [5.41, 5.74) is 3.37. The first-order valence-corrected chi connectivity index (χ1v) is 11.0. The third-order valence-electron chi connectivity index (χ3n) is 5.82. The van der Waals surface area contributed by atoms with Gasteiger partial charge in [0.2, 0.25) is 5.91 Å². The van der Waals surface area contributed by atoms with Crippen molar-refractivity contribution in [1.29, 1.82) is 0 Å². The molecule has 35 heavy (non-hydrogen) atoms. The number of anilines is 1. The van der Waals surface area contributed by atoms with Crippen LogP contribution in [-0.4, -0.2) is 33.1 Å². The number of ether oxygens (including phenoxy) is 1. The van der Waals surface area contributed by atoms with Crippen molar-refractivity contribution >= 4 is 39.5 Å². The first-order valence-electron chi connectivity index (χ1n) is 11.0. The quantitative estimate of drug-likeness (QED) is 0.384. The van der Waals surface area contributed by atoms with Gasteiger partial charge in [-0.05, 0) is 35.9 Å². The van der Waals surface area contributed by atoms with Crippen LogP contribution in [0.4, 0.5) is 5.69 Å². The molecule has 0 fully saturated rings. The lowest BCUT2D eigenvalue weighted by molar-refractivity contribution is -0.116. The number of rotatable bonds is 6. The minimum atomic E-state index is -0.451. The summed E-state index contributed by atoms with van der Waals surface area (Å²) in [6, 6.07) is 23.6. The van der Waals surface area contributed by atoms with E-state index in [1.54, 1.807) is 39.7 Å². The van der Waals surface area contributed by atoms with E-state index in [0.717, 1.165) is 16.5 Å². The van der Waals surface area contributed by atoms with Gasteiger partial charge < -0.3 is 14.6 Å². The Labute approximate surface area is 200 Å². The smallest absolute Gasteiger partial charge is 0.337 e. The summed E-state index contributed by atoms with van der Waals surface area (Å²) >= 11 is 0. The zero-order valence-corrected chi connectivity index (χ0v) is 19.0. The molecule has 0 radical (unpaired) electrons. The Balaban J connectivity index is 1.50. The number of amides is 1. The molecule has 0 atom stereocenters. The normalized spacial score (nSPS) is 11.0. The van der Waals surface area contributed by atoms with Crippen molar-refractivity contribution in [3.05, 3.63) is 107 Å². The van der Waals surface area contributed by atoms with Crippen molar-refractivity contribution in [2.75, 3.05) is 12.4 Å². The standard InChI is InChI=1S/C27H22N4O4/c1-35-27(34)19-11-13-20(14-12-19)29-23(32)16-31-22-10-6-5-9-21(22)24-25(31)26(33)30(17-28-24)15-18-7-3-2-4-8-18/h2-14,17H,15-16H2,1H3,(H,29,32). The van der Waals surface area contributed by atoms with Crippen molar-refractivity contribution in [2.45, 2.75) is 13.1 Å². The van der Waals surface area contributed by atoms with Gasteiger partial charge in [-0.2, -0.15) is 0 Å². The lowest BCUT2D eigenvalue weighted by Gasteiger charge is -2.10. The number of carbonyl (C=O) groups is 2. The molecule has 1 amide bonds. The third-order valence-corrected chi connectivity index (χ3v) is 5.82. The van der Waals surface area contributed by atoms with E-state index in [9.17, 15) is 14.4 Å². The maximum Gasteiger partial charge on any atom is 0.337 e. The Morgan fingerprint density at radius 3 is 2.40 bits per heavy atom. The molecular formula is C27H22N4O4. The molecule has 0 bridgehead atoms. The molecule has 5 rings (SSSR count). The van der Waals surface area contributed by atoms with Crippen LogP contribution in [-0.2, 0) is 22.6 Å². The number of aromatic nitrogens is 3. The summed E-state index contributed by atoms with van der Waals surface area (Å²) in [6.45, 7) is 0.303. The maximum atomic E-state index is 13.5. The van der Waals surface area contributed by atoms with Gasteiger partial charge in [-0.3, -0.25) is 14.2 Å². The highest BCUT2D eigenvalue weighted by atomic mass is 16.5. The van der Waals surface area contributed by atoms with E-state index >= 15 is 0 Å². The van der Waals surface area contributed by atoms with Crippen LogP contribution in [0.2, 0.25) is 0 Å². The summed E-state index contributed by atoms with van der Waals surface area (Å²) in [6.07, 6.45) is 1.55. The molecular weight excluding hydrogens is 444 g/mol. The highest BCUT2D eigenvalue weighted by Gasteiger charge is 2.18. The summed E-state index contributed by atoms with van der Waals surface area (Å²) in [4.78, 5) is 42.7. The van der Waals surface area contributed by atoms with Gasteiger partial charge in [0.15, 0.2) is 0 Å². The van der Waals surface area contributed by atoms with E-state index in [4.69, 9.17) is 4.74 Å². The number of carbonyl (C=O) groups excluding carboxylic acids is 2. The van der Waals surface area contributed by atoms with Gasteiger partial charge in [-0.1, -0.05) is 48.5 Å². The second-order valence-corrected chi connectivity index (χ2v) is 8.08. The number of nitrogens with one attached hydrogen (secondary N) is 1. The second kappa shape index (κ2) is 9.26. The summed E-state index contributed by atoms with van der Waals surface area (Å²) < 4.78 is 7.96. The maximum absolute atomic E-state index is 13.5. The molecule has 2 aromatic heterocycles. The average Bonchev–Trinajstić information content (AvgIpc) is 3.20. The predicted molar refractivity (Wildman–Crippen MR) is 133 cm³/mol. The molecule has 5 aromatic rings. The number of hydrogen-bond acceptors (Lipinski definition) is 5. The molecule has 3 aromatic carbocycles. The van der Waals surface area contributed by atoms with Gasteiger partial charge in [0.25, 0.3) is 5.56 Å². The zero-order chi connectivity index (χ0) is 24.4. The van der Waals surface area contributed by atoms with Crippen LogP contribution in [0, 0.1) is 0 Å². The Morgan fingerprint density at radius 2 is 1.66 bits per heavy atom. The largest absolute Gasteiger partial charge is 0.465 e. The van der Waals surface area contributed by atoms with E-state index < -0.39 is 5.97 Å². The molecule has 0 unspecified atom stereocenters. The number of para-hydroxylation sites is 1. The van der Waals surface area contributed by atoms with Crippen molar-refractivity contribution in [1.82, 2.24) is 14.1 Å². The van der Waals surface area contributed by atoms with Gasteiger partial charge in [0, 0.05) is 11.1 Å². The lowest BCUT2D eigenvalue weighted by atomic mass is 10.2. The highest BCUT2D eigenvalue weighted by Crippen LogP contribution is 2.25. The van der Waals surface area contributed by atoms with Crippen molar-refractivity contribution in [2.24, 2.45) is 0 Å². The molecule has 1 N–H and O–H groups in total. The second-order valence-electron chi connectivity index (χ2n) is 8.08. The SMILES string of the molecule is COC(=O)c1ccc(NC(=O)Cn2c3ccccc3c3ncn(Cc4ccccc4)c(=O)c32)cc1. The number of benzene rings is 3. The predicted octanol–water partition coefficient (Wildman–Crippen LogP) is 3.82. The minimum Gasteiger partial charge on any atom is -0.465 e. The van der Waals surface area contributed by atoms with E-state index in [2.05, 4.69) is 10.3 Å². The average molecular weight is 466 g/mol. The van der Waals surface area contributed by atoms with Crippen LogP contribution in [0.1, 0.15) is 15.9 Å². The zero-order valence-electron chi connectivity index (χ0n) is 19.0. The van der Waals surface area contributed by atoms with Crippen molar-refractivity contribution < 1.29 is 14.3 Å². The first-order chi connectivity index (χ1) is 17.0. The van der Waals surface area contributed by atoms with Gasteiger partial charge in [0.1, 0.15) is 17.6 Å². The Kier molecular flexibility index (Phi) is 5.85. The molecule has 0 saturated carbocycles. The number of methoxy groups -OCH3 is 1. The van der Waals surface area contributed by atoms with Crippen LogP contribution in [0.3, 0.4) is 0 Å². The monoisotopic (exact) mass is 466 g/mol. The van der Waals surface area contributed by atoms with Crippen LogP contribution in [0.15, 0.2) is 90.0 Å². The summed E-state index contributed by atoms with van der Waals surface area (Å²) in [5.74, 6) is -0.760. The van der Waals surface area contributed by atoms with Crippen LogP contribution in [0.25, 0.3) is 21.9 Å². The third kappa shape index (κ3) is 4.29. The number of hydrogen-bond donors (Lipinski definition) is 1. The Morgan fingerprint density at radius 1 is 0.943 bits per heavy atom. The molecule has 8 nitrogen and oxygen atoms in total. The number of esters is 1. The summed E-state index contributed by atoms with van der Waals surface area (Å²) in [7, 11) is 1.31. The van der Waals surface area contributed by atoms with Gasteiger partial charge in [-0.15, -0.1) is 0 Å². The molecule has 0 aliphatic heterocycles. The van der Waals surface area contributed by atoms with Gasteiger partial charge >= 0.3 is 5.97 Å². The highest BCUT2D eigenvalue weighted by molar-refractivity contribution is 6.06. The Hall–Kier alpha value is -4.72. The minimum absolute atomic E-state index is 0.0744. The Bertz CT molecular complexity index is 1600. The fourth-order valence-electron chi connectivity index (χ4n) is 4.16. The van der Waals surface area contributed by atoms with E-state index in [1.165, 1.54) is 7.11 Å². The summed E-state index contributed by atoms with van der Waals surface area (Å²) in [5, 5.41) is 3.63. The van der Waals surface area contributed by atoms with Crippen molar-refractivity contribution in [3.63, 3.8) is 0 Å². The van der Waals surface area contributed by atoms with E-state index in [0.29, 0.717) is 28.8 Å². The molecule has 2 heterocycles. The molecule has 0 aliphatic rings.